The quantitative estimate of drug-likeness (QED) is 0.807. The van der Waals surface area contributed by atoms with E-state index in [0.717, 1.165) is 17.7 Å². The van der Waals surface area contributed by atoms with Gasteiger partial charge in [0.1, 0.15) is 5.82 Å². The van der Waals surface area contributed by atoms with Crippen LogP contribution in [-0.4, -0.2) is 43.6 Å². The number of halogens is 3. The second-order valence-corrected chi connectivity index (χ2v) is 4.93. The van der Waals surface area contributed by atoms with Crippen LogP contribution in [0.25, 0.3) is 0 Å². The van der Waals surface area contributed by atoms with Crippen molar-refractivity contribution in [3.05, 3.63) is 24.4 Å². The zero-order valence-corrected chi connectivity index (χ0v) is 10.8. The summed E-state index contributed by atoms with van der Waals surface area (Å²) < 4.78 is 31.2. The molecule has 4 nitrogen and oxygen atoms in total. The Morgan fingerprint density at radius 3 is 2.24 bits per heavy atom. The minimum absolute atomic E-state index is 0. The van der Waals surface area contributed by atoms with E-state index in [9.17, 15) is 13.2 Å². The lowest BCUT2D eigenvalue weighted by Gasteiger charge is -2.17. The Balaban J connectivity index is 0.000000275. The summed E-state index contributed by atoms with van der Waals surface area (Å²) in [4.78, 5) is 15.5. The number of aldehydes is 1. The van der Waals surface area contributed by atoms with Gasteiger partial charge in [-0.1, -0.05) is 13.5 Å². The molecule has 21 heavy (non-hydrogen) atoms. The standard InChI is InChI=1S/C11H15N3.C2HF3O.CH4/c1-2-4-13-11(3-1)14-7-9-5-12-6-10(9)8-14;3-2(4,5)1-6;/h1-4,9-10,12H,5-8H2;1H;1H4/t9-,10-;;/m0../s1. The van der Waals surface area contributed by atoms with Gasteiger partial charge in [-0.3, -0.25) is 4.79 Å². The number of nitrogens with one attached hydrogen (secondary N) is 1. The lowest BCUT2D eigenvalue weighted by Crippen LogP contribution is -2.25. The van der Waals surface area contributed by atoms with E-state index >= 15 is 0 Å². The summed E-state index contributed by atoms with van der Waals surface area (Å²) in [6.07, 6.45) is -3.82. The molecular weight excluding hydrogens is 283 g/mol. The smallest absolute Gasteiger partial charge is 0.356 e. The van der Waals surface area contributed by atoms with Gasteiger partial charge >= 0.3 is 6.18 Å². The predicted octanol–water partition coefficient (Wildman–Crippen LogP) is 2.12. The molecule has 1 aromatic heterocycles. The maximum absolute atomic E-state index is 10.4. The van der Waals surface area contributed by atoms with Crippen molar-refractivity contribution < 1.29 is 18.0 Å². The normalized spacial score (nSPS) is 23.7. The molecule has 118 valence electrons. The first-order valence-corrected chi connectivity index (χ1v) is 6.39. The number of carbonyl (C=O) groups is 1. The van der Waals surface area contributed by atoms with E-state index in [1.807, 2.05) is 12.3 Å². The lowest BCUT2D eigenvalue weighted by molar-refractivity contribution is -0.156. The highest BCUT2D eigenvalue weighted by Gasteiger charge is 2.36. The number of carbonyl (C=O) groups excluding carboxylic acids is 1. The highest BCUT2D eigenvalue weighted by Crippen LogP contribution is 2.28. The maximum atomic E-state index is 10.4. The minimum atomic E-state index is -4.64. The molecule has 7 heteroatoms. The van der Waals surface area contributed by atoms with E-state index in [4.69, 9.17) is 4.79 Å². The fourth-order valence-electron chi connectivity index (χ4n) is 2.58. The molecule has 0 amide bonds. The Labute approximate surface area is 122 Å². The molecule has 1 N–H and O–H groups in total. The van der Waals surface area contributed by atoms with Crippen LogP contribution in [0, 0.1) is 11.8 Å². The molecular formula is C14H20F3N3O. The topological polar surface area (TPSA) is 45.2 Å². The summed E-state index contributed by atoms with van der Waals surface area (Å²) in [6, 6.07) is 6.14. The van der Waals surface area contributed by atoms with Crippen LogP contribution in [0.1, 0.15) is 7.43 Å². The summed E-state index contributed by atoms with van der Waals surface area (Å²) in [5, 5.41) is 3.45. The summed E-state index contributed by atoms with van der Waals surface area (Å²) in [5.74, 6) is 2.83. The van der Waals surface area contributed by atoms with E-state index in [1.54, 1.807) is 0 Å². The van der Waals surface area contributed by atoms with Crippen LogP contribution in [0.4, 0.5) is 19.0 Å². The van der Waals surface area contributed by atoms with Crippen LogP contribution in [0.2, 0.25) is 0 Å². The van der Waals surface area contributed by atoms with Crippen LogP contribution >= 0.6 is 0 Å². The van der Waals surface area contributed by atoms with E-state index in [0.29, 0.717) is 0 Å². The van der Waals surface area contributed by atoms with Crippen LogP contribution in [0.5, 0.6) is 0 Å². The molecule has 2 atom stereocenters. The molecule has 0 aliphatic carbocycles. The third kappa shape index (κ3) is 5.00. The van der Waals surface area contributed by atoms with Gasteiger partial charge in [0.05, 0.1) is 0 Å². The zero-order chi connectivity index (χ0) is 14.6. The first-order valence-electron chi connectivity index (χ1n) is 6.39. The van der Waals surface area contributed by atoms with Crippen molar-refractivity contribution in [3.63, 3.8) is 0 Å². The highest BCUT2D eigenvalue weighted by atomic mass is 19.4. The second-order valence-electron chi connectivity index (χ2n) is 4.93. The van der Waals surface area contributed by atoms with Gasteiger partial charge in [0.25, 0.3) is 0 Å². The molecule has 0 unspecified atom stereocenters. The molecule has 2 aliphatic heterocycles. The lowest BCUT2D eigenvalue weighted by atomic mass is 10.0. The van der Waals surface area contributed by atoms with Gasteiger partial charge in [-0.2, -0.15) is 13.2 Å². The van der Waals surface area contributed by atoms with Crippen LogP contribution in [-0.2, 0) is 4.79 Å². The first kappa shape index (κ1) is 17.4. The van der Waals surface area contributed by atoms with E-state index in [1.165, 1.54) is 26.2 Å². The number of pyridine rings is 1. The third-order valence-electron chi connectivity index (χ3n) is 3.50. The summed E-state index contributed by atoms with van der Waals surface area (Å²) in [7, 11) is 0. The molecule has 0 spiro atoms. The van der Waals surface area contributed by atoms with Gasteiger partial charge in [0.2, 0.25) is 6.29 Å². The predicted molar refractivity (Wildman–Crippen MR) is 75.1 cm³/mol. The number of fused-ring (bicyclic) bond motifs is 1. The first-order chi connectivity index (χ1) is 9.49. The zero-order valence-electron chi connectivity index (χ0n) is 10.8. The van der Waals surface area contributed by atoms with Crippen molar-refractivity contribution in [3.8, 4) is 0 Å². The number of nitrogens with zero attached hydrogens (tertiary/aromatic N) is 2. The van der Waals surface area contributed by atoms with Crippen LogP contribution < -0.4 is 10.2 Å². The van der Waals surface area contributed by atoms with Crippen LogP contribution in [0.3, 0.4) is 0 Å². The molecule has 2 fully saturated rings. The van der Waals surface area contributed by atoms with Crippen molar-refractivity contribution in [2.75, 3.05) is 31.1 Å². The summed E-state index contributed by atoms with van der Waals surface area (Å²) >= 11 is 0. The molecule has 0 bridgehead atoms. The highest BCUT2D eigenvalue weighted by molar-refractivity contribution is 5.56. The summed E-state index contributed by atoms with van der Waals surface area (Å²) in [5.41, 5.74) is 0. The largest absolute Gasteiger partial charge is 0.446 e. The van der Waals surface area contributed by atoms with Crippen molar-refractivity contribution in [1.82, 2.24) is 10.3 Å². The van der Waals surface area contributed by atoms with Crippen molar-refractivity contribution in [2.45, 2.75) is 13.6 Å². The number of hydrogen-bond donors (Lipinski definition) is 1. The Hall–Kier alpha value is -1.63. The molecule has 0 saturated carbocycles. The number of rotatable bonds is 1. The second kappa shape index (κ2) is 7.40. The van der Waals surface area contributed by atoms with Gasteiger partial charge in [0.15, 0.2) is 0 Å². The van der Waals surface area contributed by atoms with Crippen molar-refractivity contribution >= 4 is 12.1 Å². The van der Waals surface area contributed by atoms with Gasteiger partial charge in [-0.15, -0.1) is 0 Å². The van der Waals surface area contributed by atoms with E-state index in [-0.39, 0.29) is 7.43 Å². The molecule has 0 radical (unpaired) electrons. The Morgan fingerprint density at radius 2 is 1.81 bits per heavy atom. The molecule has 3 heterocycles. The van der Waals surface area contributed by atoms with Gasteiger partial charge in [-0.05, 0) is 24.0 Å². The number of aromatic nitrogens is 1. The average Bonchev–Trinajstić information content (AvgIpc) is 3.00. The Bertz CT molecular complexity index is 427. The monoisotopic (exact) mass is 303 g/mol. The fraction of sp³-hybridized carbons (Fsp3) is 0.571. The minimum Gasteiger partial charge on any atom is -0.356 e. The molecule has 0 aromatic carbocycles. The van der Waals surface area contributed by atoms with Gasteiger partial charge in [0, 0.05) is 32.4 Å². The Morgan fingerprint density at radius 1 is 1.24 bits per heavy atom. The molecule has 2 aliphatic rings. The SMILES string of the molecule is C.O=CC(F)(F)F.c1ccc(N2C[C@@H]3CNC[C@H]3C2)nc1. The van der Waals surface area contributed by atoms with Gasteiger partial charge < -0.3 is 10.2 Å². The summed E-state index contributed by atoms with van der Waals surface area (Å²) in [6.45, 7) is 4.73. The molecule has 1 aromatic rings. The molecule has 2 saturated heterocycles. The fourth-order valence-corrected chi connectivity index (χ4v) is 2.58. The Kier molecular flexibility index (Phi) is 6.14. The third-order valence-corrected chi connectivity index (χ3v) is 3.50. The number of alkyl halides is 3. The van der Waals surface area contributed by atoms with Crippen LogP contribution in [0.15, 0.2) is 24.4 Å². The van der Waals surface area contributed by atoms with Gasteiger partial charge in [-0.25, -0.2) is 4.98 Å². The van der Waals surface area contributed by atoms with E-state index in [2.05, 4.69) is 27.3 Å². The van der Waals surface area contributed by atoms with Crippen molar-refractivity contribution in [2.24, 2.45) is 11.8 Å². The average molecular weight is 303 g/mol. The van der Waals surface area contributed by atoms with Crippen molar-refractivity contribution in [1.29, 1.82) is 0 Å². The number of hydrogen-bond acceptors (Lipinski definition) is 4. The molecule has 3 rings (SSSR count). The van der Waals surface area contributed by atoms with E-state index < -0.39 is 12.5 Å². The number of anilines is 1. The maximum Gasteiger partial charge on any atom is 0.446 e.